The molecule has 2 aromatic rings. The predicted octanol–water partition coefficient (Wildman–Crippen LogP) is 3.98. The number of nitrogens with zero attached hydrogens (tertiary/aromatic N) is 3. The first kappa shape index (κ1) is 20.3. The molecule has 1 aliphatic heterocycles. The summed E-state index contributed by atoms with van der Waals surface area (Å²) < 4.78 is 22.9. The van der Waals surface area contributed by atoms with Crippen LogP contribution in [0.5, 0.6) is 0 Å². The van der Waals surface area contributed by atoms with E-state index in [1.165, 1.54) is 0 Å². The molecule has 1 aliphatic rings. The summed E-state index contributed by atoms with van der Waals surface area (Å²) in [5.74, 6) is 0. The van der Waals surface area contributed by atoms with Crippen molar-refractivity contribution in [2.75, 3.05) is 31.2 Å². The van der Waals surface area contributed by atoms with Crippen LogP contribution in [0.4, 0.5) is 5.69 Å². The van der Waals surface area contributed by atoms with E-state index in [1.54, 1.807) is 0 Å². The van der Waals surface area contributed by atoms with Gasteiger partial charge >= 0.3 is 0 Å². The second kappa shape index (κ2) is 8.73. The summed E-state index contributed by atoms with van der Waals surface area (Å²) in [6.45, 7) is 9.03. The van der Waals surface area contributed by atoms with Crippen molar-refractivity contribution in [3.8, 4) is 0 Å². The zero-order valence-corrected chi connectivity index (χ0v) is 18.2. The Labute approximate surface area is 172 Å². The molecule has 0 spiro atoms. The van der Waals surface area contributed by atoms with Gasteiger partial charge in [0.2, 0.25) is 0 Å². The van der Waals surface area contributed by atoms with Crippen LogP contribution in [-0.4, -0.2) is 46.3 Å². The quantitative estimate of drug-likeness (QED) is 0.402. The van der Waals surface area contributed by atoms with Gasteiger partial charge in [-0.1, -0.05) is 22.6 Å². The molecular weight excluding hydrogens is 426 g/mol. The lowest BCUT2D eigenvalue weighted by Crippen LogP contribution is -2.36. The molecule has 0 amide bonds. The maximum absolute atomic E-state index is 12.7. The molecule has 1 saturated heterocycles. The molecular formula is C20H24BrN3O2S. The molecule has 1 fully saturated rings. The first-order valence-electron chi connectivity index (χ1n) is 8.91. The lowest BCUT2D eigenvalue weighted by atomic mass is 10.1. The Morgan fingerprint density at radius 1 is 1.15 bits per heavy atom. The van der Waals surface area contributed by atoms with Crippen molar-refractivity contribution in [2.24, 2.45) is 4.40 Å². The highest BCUT2D eigenvalue weighted by atomic mass is 79.9. The Morgan fingerprint density at radius 2 is 1.81 bits per heavy atom. The SMILES string of the molecule is CC(C)(C)[S+]([O-])/N=C(/c1ccc(N2CCOCC2)cc1)c1cccc(Br)n1. The van der Waals surface area contributed by atoms with Gasteiger partial charge in [0.15, 0.2) is 0 Å². The van der Waals surface area contributed by atoms with Crippen molar-refractivity contribution in [3.63, 3.8) is 0 Å². The summed E-state index contributed by atoms with van der Waals surface area (Å²) in [5, 5.41) is 0. The van der Waals surface area contributed by atoms with Gasteiger partial charge in [-0.05, 0) is 61.0 Å². The van der Waals surface area contributed by atoms with Crippen LogP contribution in [0, 0.1) is 0 Å². The third kappa shape index (κ3) is 5.31. The van der Waals surface area contributed by atoms with E-state index in [0.29, 0.717) is 11.4 Å². The standard InChI is InChI=1S/C20H24BrN3O2S/c1-20(2,3)27(25)23-19(17-5-4-6-18(21)22-17)15-7-9-16(10-8-15)24-11-13-26-14-12-24/h4-10H,11-14H2,1-3H3/b23-19-. The van der Waals surface area contributed by atoms with Gasteiger partial charge in [-0.2, -0.15) is 0 Å². The molecule has 27 heavy (non-hydrogen) atoms. The lowest BCUT2D eigenvalue weighted by molar-refractivity contribution is 0.122. The van der Waals surface area contributed by atoms with Crippen LogP contribution in [0.25, 0.3) is 0 Å². The third-order valence-corrected chi connectivity index (χ3v) is 6.01. The van der Waals surface area contributed by atoms with Crippen molar-refractivity contribution in [3.05, 3.63) is 58.3 Å². The smallest absolute Gasteiger partial charge is 0.147 e. The Hall–Kier alpha value is -1.41. The van der Waals surface area contributed by atoms with E-state index in [-0.39, 0.29) is 0 Å². The van der Waals surface area contributed by atoms with E-state index in [1.807, 2.05) is 51.1 Å². The van der Waals surface area contributed by atoms with E-state index in [2.05, 4.69) is 42.3 Å². The van der Waals surface area contributed by atoms with Crippen LogP contribution in [-0.2, 0) is 16.1 Å². The molecule has 0 N–H and O–H groups in total. The minimum absolute atomic E-state index is 0.439. The molecule has 1 unspecified atom stereocenters. The first-order chi connectivity index (χ1) is 12.8. The van der Waals surface area contributed by atoms with Crippen molar-refractivity contribution in [2.45, 2.75) is 25.5 Å². The van der Waals surface area contributed by atoms with Crippen LogP contribution >= 0.6 is 15.9 Å². The number of rotatable bonds is 4. The molecule has 0 radical (unpaired) electrons. The highest BCUT2D eigenvalue weighted by Crippen LogP contribution is 2.23. The summed E-state index contributed by atoms with van der Waals surface area (Å²) in [6.07, 6.45) is 0. The van der Waals surface area contributed by atoms with Crippen molar-refractivity contribution < 1.29 is 9.29 Å². The number of morpholine rings is 1. The van der Waals surface area contributed by atoms with Crippen molar-refractivity contribution in [1.29, 1.82) is 0 Å². The van der Waals surface area contributed by atoms with E-state index < -0.39 is 16.1 Å². The molecule has 144 valence electrons. The maximum Gasteiger partial charge on any atom is 0.147 e. The molecule has 7 heteroatoms. The zero-order valence-electron chi connectivity index (χ0n) is 15.8. The zero-order chi connectivity index (χ0) is 19.4. The number of ether oxygens (including phenoxy) is 1. The normalized spacial score (nSPS) is 17.1. The number of aromatic nitrogens is 1. The van der Waals surface area contributed by atoms with E-state index in [4.69, 9.17) is 4.74 Å². The molecule has 1 atom stereocenters. The Morgan fingerprint density at radius 3 is 2.41 bits per heavy atom. The topological polar surface area (TPSA) is 60.8 Å². The van der Waals surface area contributed by atoms with Crippen molar-refractivity contribution >= 4 is 38.7 Å². The average molecular weight is 450 g/mol. The van der Waals surface area contributed by atoms with Gasteiger partial charge in [0.1, 0.15) is 26.4 Å². The van der Waals surface area contributed by atoms with E-state index in [9.17, 15) is 4.55 Å². The van der Waals surface area contributed by atoms with Crippen LogP contribution in [0.2, 0.25) is 0 Å². The number of halogens is 1. The van der Waals surface area contributed by atoms with Gasteiger partial charge in [-0.15, -0.1) is 0 Å². The summed E-state index contributed by atoms with van der Waals surface area (Å²) in [7, 11) is 0. The fraction of sp³-hybridized carbons (Fsp3) is 0.400. The lowest BCUT2D eigenvalue weighted by Gasteiger charge is -2.29. The fourth-order valence-electron chi connectivity index (χ4n) is 2.66. The van der Waals surface area contributed by atoms with Gasteiger partial charge in [0, 0.05) is 24.3 Å². The molecule has 2 heterocycles. The second-order valence-electron chi connectivity index (χ2n) is 7.29. The molecule has 5 nitrogen and oxygen atoms in total. The van der Waals surface area contributed by atoms with Gasteiger partial charge in [-0.3, -0.25) is 0 Å². The van der Waals surface area contributed by atoms with Crippen molar-refractivity contribution in [1.82, 2.24) is 4.98 Å². The number of pyridine rings is 1. The highest BCUT2D eigenvalue weighted by Gasteiger charge is 2.28. The minimum Gasteiger partial charge on any atom is -0.591 e. The van der Waals surface area contributed by atoms with Crippen LogP contribution < -0.4 is 4.90 Å². The summed E-state index contributed by atoms with van der Waals surface area (Å²) >= 11 is 2.03. The number of hydrogen-bond donors (Lipinski definition) is 0. The van der Waals surface area contributed by atoms with Gasteiger partial charge in [0.05, 0.1) is 18.9 Å². The molecule has 3 rings (SSSR count). The second-order valence-corrected chi connectivity index (χ2v) is 10.0. The third-order valence-electron chi connectivity index (χ3n) is 4.17. The Kier molecular flexibility index (Phi) is 6.57. The maximum atomic E-state index is 12.7. The summed E-state index contributed by atoms with van der Waals surface area (Å²) in [4.78, 5) is 6.82. The van der Waals surface area contributed by atoms with Gasteiger partial charge in [-0.25, -0.2) is 4.98 Å². The minimum atomic E-state index is -1.38. The highest BCUT2D eigenvalue weighted by molar-refractivity contribution is 9.10. The van der Waals surface area contributed by atoms with E-state index >= 15 is 0 Å². The van der Waals surface area contributed by atoms with Gasteiger partial charge < -0.3 is 14.2 Å². The largest absolute Gasteiger partial charge is 0.591 e. The molecule has 0 aliphatic carbocycles. The van der Waals surface area contributed by atoms with Gasteiger partial charge in [0.25, 0.3) is 0 Å². The summed E-state index contributed by atoms with van der Waals surface area (Å²) in [5.41, 5.74) is 3.38. The molecule has 0 bridgehead atoms. The van der Waals surface area contributed by atoms with E-state index in [0.717, 1.165) is 42.2 Å². The van der Waals surface area contributed by atoms with Crippen LogP contribution in [0.1, 0.15) is 32.0 Å². The van der Waals surface area contributed by atoms with Crippen LogP contribution in [0.3, 0.4) is 0 Å². The first-order valence-corrected chi connectivity index (χ1v) is 10.8. The fourth-order valence-corrected chi connectivity index (χ4v) is 3.64. The molecule has 1 aromatic carbocycles. The van der Waals surface area contributed by atoms with Crippen LogP contribution in [0.15, 0.2) is 51.5 Å². The monoisotopic (exact) mass is 449 g/mol. The molecule has 0 saturated carbocycles. The molecule has 1 aromatic heterocycles. The Bertz CT molecular complexity index is 800. The average Bonchev–Trinajstić information content (AvgIpc) is 2.66. The Balaban J connectivity index is 1.96. The predicted molar refractivity (Wildman–Crippen MR) is 115 cm³/mol. The number of anilines is 1. The summed E-state index contributed by atoms with van der Waals surface area (Å²) in [6, 6.07) is 13.9. The number of benzene rings is 1. The number of hydrogen-bond acceptors (Lipinski definition) is 5.